The lowest BCUT2D eigenvalue weighted by Gasteiger charge is -2.34. The second-order valence-electron chi connectivity index (χ2n) is 5.61. The van der Waals surface area contributed by atoms with Gasteiger partial charge in [-0.15, -0.1) is 0 Å². The van der Waals surface area contributed by atoms with Crippen LogP contribution in [-0.2, 0) is 10.2 Å². The lowest BCUT2D eigenvalue weighted by molar-refractivity contribution is 0.223. The van der Waals surface area contributed by atoms with E-state index in [4.69, 9.17) is 17.3 Å². The molecule has 2 rings (SSSR count). The third-order valence-corrected chi connectivity index (χ3v) is 5.22. The molecule has 112 valence electrons. The van der Waals surface area contributed by atoms with Crippen molar-refractivity contribution in [3.8, 4) is 0 Å². The fraction of sp³-hybridized carbons (Fsp3) is 0.538. The van der Waals surface area contributed by atoms with E-state index >= 15 is 0 Å². The predicted octanol–water partition coefficient (Wildman–Crippen LogP) is 2.56. The molecule has 1 saturated heterocycles. The summed E-state index contributed by atoms with van der Waals surface area (Å²) in [4.78, 5) is 0. The molecule has 1 heterocycles. The standard InChI is InChI=1S/C13H20ClN3O2S/c1-9-5-10(2)8-17(7-9)20(18,19)16-11-3-4-13(15)12(14)6-11/h3-4,6,9-10,16H,5,7-8,15H2,1-2H3. The van der Waals surface area contributed by atoms with E-state index in [1.807, 2.05) is 0 Å². The van der Waals surface area contributed by atoms with Crippen LogP contribution in [0.25, 0.3) is 0 Å². The molecule has 1 aliphatic heterocycles. The zero-order valence-corrected chi connectivity index (χ0v) is 13.2. The van der Waals surface area contributed by atoms with Crippen LogP contribution in [0, 0.1) is 11.8 Å². The van der Waals surface area contributed by atoms with Crippen molar-refractivity contribution in [2.45, 2.75) is 20.3 Å². The molecule has 0 saturated carbocycles. The summed E-state index contributed by atoms with van der Waals surface area (Å²) in [5.41, 5.74) is 6.46. The van der Waals surface area contributed by atoms with E-state index in [2.05, 4.69) is 18.6 Å². The number of nitrogen functional groups attached to an aromatic ring is 1. The molecular weight excluding hydrogens is 298 g/mol. The van der Waals surface area contributed by atoms with Crippen LogP contribution in [0.5, 0.6) is 0 Å². The maximum absolute atomic E-state index is 12.4. The number of benzene rings is 1. The first kappa shape index (κ1) is 15.4. The Kier molecular flexibility index (Phi) is 4.46. The molecule has 1 aromatic rings. The molecule has 0 bridgehead atoms. The van der Waals surface area contributed by atoms with Crippen LogP contribution >= 0.6 is 11.6 Å². The van der Waals surface area contributed by atoms with Gasteiger partial charge in [-0.1, -0.05) is 25.4 Å². The number of hydrogen-bond acceptors (Lipinski definition) is 3. The largest absolute Gasteiger partial charge is 0.398 e. The summed E-state index contributed by atoms with van der Waals surface area (Å²) in [6.45, 7) is 5.22. The van der Waals surface area contributed by atoms with Crippen molar-refractivity contribution in [2.24, 2.45) is 11.8 Å². The van der Waals surface area contributed by atoms with Gasteiger partial charge in [-0.3, -0.25) is 4.72 Å². The molecule has 1 fully saturated rings. The van der Waals surface area contributed by atoms with Gasteiger partial charge in [-0.05, 0) is 36.5 Å². The zero-order valence-electron chi connectivity index (χ0n) is 11.6. The van der Waals surface area contributed by atoms with E-state index in [0.717, 1.165) is 6.42 Å². The summed E-state index contributed by atoms with van der Waals surface area (Å²) < 4.78 is 28.8. The Morgan fingerprint density at radius 2 is 1.90 bits per heavy atom. The highest BCUT2D eigenvalue weighted by Gasteiger charge is 2.30. The van der Waals surface area contributed by atoms with E-state index in [1.165, 1.54) is 10.4 Å². The highest BCUT2D eigenvalue weighted by molar-refractivity contribution is 7.90. The van der Waals surface area contributed by atoms with Gasteiger partial charge >= 0.3 is 10.2 Å². The summed E-state index contributed by atoms with van der Waals surface area (Å²) in [7, 11) is -3.55. The first-order valence-corrected chi connectivity index (χ1v) is 8.42. The molecule has 0 aliphatic carbocycles. The molecule has 0 spiro atoms. The highest BCUT2D eigenvalue weighted by atomic mass is 35.5. The Labute approximate surface area is 125 Å². The van der Waals surface area contributed by atoms with Crippen LogP contribution < -0.4 is 10.5 Å². The lowest BCUT2D eigenvalue weighted by Crippen LogP contribution is -2.45. The molecule has 0 aromatic heterocycles. The molecule has 5 nitrogen and oxygen atoms in total. The third-order valence-electron chi connectivity index (χ3n) is 3.42. The monoisotopic (exact) mass is 317 g/mol. The third kappa shape index (κ3) is 3.56. The molecule has 1 aliphatic rings. The Morgan fingerprint density at radius 3 is 2.45 bits per heavy atom. The number of hydrogen-bond donors (Lipinski definition) is 2. The number of halogens is 1. The number of rotatable bonds is 3. The summed E-state index contributed by atoms with van der Waals surface area (Å²) in [6, 6.07) is 4.71. The van der Waals surface area contributed by atoms with Crippen molar-refractivity contribution < 1.29 is 8.42 Å². The summed E-state index contributed by atoms with van der Waals surface area (Å²) in [5, 5.41) is 0.339. The van der Waals surface area contributed by atoms with Crippen LogP contribution in [0.2, 0.25) is 5.02 Å². The van der Waals surface area contributed by atoms with Gasteiger partial charge < -0.3 is 5.73 Å². The van der Waals surface area contributed by atoms with Gasteiger partial charge in [0.25, 0.3) is 0 Å². The zero-order chi connectivity index (χ0) is 14.9. The van der Waals surface area contributed by atoms with Gasteiger partial charge in [-0.2, -0.15) is 12.7 Å². The van der Waals surface area contributed by atoms with Gasteiger partial charge in [0.15, 0.2) is 0 Å². The van der Waals surface area contributed by atoms with Gasteiger partial charge in [-0.25, -0.2) is 0 Å². The van der Waals surface area contributed by atoms with Crippen molar-refractivity contribution in [2.75, 3.05) is 23.5 Å². The predicted molar refractivity (Wildman–Crippen MR) is 82.9 cm³/mol. The first-order valence-electron chi connectivity index (χ1n) is 6.61. The summed E-state index contributed by atoms with van der Waals surface area (Å²) in [5.74, 6) is 0.732. The lowest BCUT2D eigenvalue weighted by atomic mass is 9.94. The number of nitrogens with one attached hydrogen (secondary N) is 1. The van der Waals surface area contributed by atoms with E-state index in [0.29, 0.717) is 41.3 Å². The summed E-state index contributed by atoms with van der Waals surface area (Å²) in [6.07, 6.45) is 1.06. The van der Waals surface area contributed by atoms with Crippen molar-refractivity contribution in [1.82, 2.24) is 4.31 Å². The quantitative estimate of drug-likeness (QED) is 0.841. The second kappa shape index (κ2) is 5.79. The molecule has 0 amide bonds. The molecule has 7 heteroatoms. The van der Waals surface area contributed by atoms with Crippen molar-refractivity contribution >= 4 is 33.2 Å². The number of nitrogens with two attached hydrogens (primary N) is 1. The average Bonchev–Trinajstić information content (AvgIpc) is 2.32. The first-order chi connectivity index (χ1) is 9.28. The minimum absolute atomic E-state index is 0.339. The van der Waals surface area contributed by atoms with Crippen molar-refractivity contribution in [3.63, 3.8) is 0 Å². The van der Waals surface area contributed by atoms with E-state index < -0.39 is 10.2 Å². The second-order valence-corrected chi connectivity index (χ2v) is 7.68. The SMILES string of the molecule is CC1CC(C)CN(S(=O)(=O)Nc2ccc(N)c(Cl)c2)C1. The Balaban J connectivity index is 2.16. The Morgan fingerprint density at radius 1 is 1.30 bits per heavy atom. The Hall–Kier alpha value is -0.980. The fourth-order valence-corrected chi connectivity index (χ4v) is 4.24. The van der Waals surface area contributed by atoms with E-state index in [-0.39, 0.29) is 0 Å². The van der Waals surface area contributed by atoms with Gasteiger partial charge in [0, 0.05) is 13.1 Å². The van der Waals surface area contributed by atoms with Crippen LogP contribution in [0.1, 0.15) is 20.3 Å². The van der Waals surface area contributed by atoms with Crippen LogP contribution in [-0.4, -0.2) is 25.8 Å². The van der Waals surface area contributed by atoms with Gasteiger partial charge in [0.2, 0.25) is 0 Å². The summed E-state index contributed by atoms with van der Waals surface area (Å²) >= 11 is 5.90. The maximum atomic E-state index is 12.4. The molecular formula is C13H20ClN3O2S. The fourth-order valence-electron chi connectivity index (χ4n) is 2.61. The number of nitrogens with zero attached hydrogens (tertiary/aromatic N) is 1. The van der Waals surface area contributed by atoms with Crippen LogP contribution in [0.15, 0.2) is 18.2 Å². The van der Waals surface area contributed by atoms with Crippen LogP contribution in [0.4, 0.5) is 11.4 Å². The topological polar surface area (TPSA) is 75.4 Å². The normalized spacial score (nSPS) is 24.6. The maximum Gasteiger partial charge on any atom is 0.301 e. The Bertz CT molecular complexity index is 581. The highest BCUT2D eigenvalue weighted by Crippen LogP contribution is 2.26. The molecule has 2 unspecified atom stereocenters. The van der Waals surface area contributed by atoms with Gasteiger partial charge in [0.05, 0.1) is 16.4 Å². The van der Waals surface area contributed by atoms with Crippen molar-refractivity contribution in [1.29, 1.82) is 0 Å². The molecule has 3 N–H and O–H groups in total. The minimum Gasteiger partial charge on any atom is -0.398 e. The van der Waals surface area contributed by atoms with Crippen molar-refractivity contribution in [3.05, 3.63) is 23.2 Å². The minimum atomic E-state index is -3.55. The molecule has 0 radical (unpaired) electrons. The van der Waals surface area contributed by atoms with Crippen LogP contribution in [0.3, 0.4) is 0 Å². The molecule has 1 aromatic carbocycles. The molecule has 2 atom stereocenters. The smallest absolute Gasteiger partial charge is 0.301 e. The number of anilines is 2. The van der Waals surface area contributed by atoms with E-state index in [9.17, 15) is 8.42 Å². The van der Waals surface area contributed by atoms with Gasteiger partial charge in [0.1, 0.15) is 0 Å². The average molecular weight is 318 g/mol. The molecule has 20 heavy (non-hydrogen) atoms. The van der Waals surface area contributed by atoms with E-state index in [1.54, 1.807) is 12.1 Å². The number of piperidine rings is 1.